The Kier molecular flexibility index (Phi) is 6.53. The number of rotatable bonds is 7. The molecule has 2 amide bonds. The number of nitrogens with zero attached hydrogens (tertiary/aromatic N) is 2. The van der Waals surface area contributed by atoms with E-state index in [-0.39, 0.29) is 19.0 Å². The van der Waals surface area contributed by atoms with Crippen molar-refractivity contribution in [3.63, 3.8) is 0 Å². The van der Waals surface area contributed by atoms with Gasteiger partial charge in [-0.1, -0.05) is 0 Å². The standard InChI is InChI=1S/C21H26FN4O5P/c1-15(27)23-12-18-14-26(21(28)31-18)16-4-5-20(19(22)11-16)25-6-9-32(29,10-7-25)24-13-17-3-2-8-30-17/h2-5,8,11,18H,6-7,9-10,12-14H2,1H3,(H,23,27)(H,24,29)/t18-/m0/s1. The number of furan rings is 1. The first kappa shape index (κ1) is 22.4. The molecule has 11 heteroatoms. The monoisotopic (exact) mass is 464 g/mol. The zero-order chi connectivity index (χ0) is 22.7. The molecule has 172 valence electrons. The molecule has 9 nitrogen and oxygen atoms in total. The predicted molar refractivity (Wildman–Crippen MR) is 118 cm³/mol. The van der Waals surface area contributed by atoms with Crippen LogP contribution in [0.5, 0.6) is 0 Å². The molecule has 2 aliphatic rings. The first-order valence-electron chi connectivity index (χ1n) is 10.5. The average Bonchev–Trinajstić information content (AvgIpc) is 3.41. The van der Waals surface area contributed by atoms with Crippen molar-refractivity contribution in [2.75, 3.05) is 48.3 Å². The van der Waals surface area contributed by atoms with Gasteiger partial charge in [-0.2, -0.15) is 0 Å². The van der Waals surface area contributed by atoms with E-state index in [0.717, 1.165) is 5.76 Å². The number of carbonyl (C=O) groups is 2. The predicted octanol–water partition coefficient (Wildman–Crippen LogP) is 2.77. The van der Waals surface area contributed by atoms with Gasteiger partial charge in [-0.05, 0) is 30.3 Å². The lowest BCUT2D eigenvalue weighted by Gasteiger charge is -2.34. The van der Waals surface area contributed by atoms with Crippen molar-refractivity contribution in [3.05, 3.63) is 48.2 Å². The molecule has 1 atom stereocenters. The Hall–Kier alpha value is -2.84. The van der Waals surface area contributed by atoms with Gasteiger partial charge in [0.2, 0.25) is 5.91 Å². The molecule has 2 aromatic rings. The van der Waals surface area contributed by atoms with Crippen LogP contribution in [0.15, 0.2) is 41.0 Å². The smallest absolute Gasteiger partial charge is 0.414 e. The van der Waals surface area contributed by atoms with E-state index in [1.807, 2.05) is 11.0 Å². The number of halogens is 1. The van der Waals surface area contributed by atoms with E-state index in [1.165, 1.54) is 17.9 Å². The fraction of sp³-hybridized carbons (Fsp3) is 0.429. The van der Waals surface area contributed by atoms with Gasteiger partial charge >= 0.3 is 6.09 Å². The van der Waals surface area contributed by atoms with Crippen LogP contribution in [0.4, 0.5) is 20.6 Å². The molecule has 2 N–H and O–H groups in total. The number of amides is 2. The SMILES string of the molecule is CC(=O)NC[C@H]1CN(c2ccc(N3CCP(=O)(NCc4ccco4)CC3)c(F)c2)C(=O)O1. The summed E-state index contributed by atoms with van der Waals surface area (Å²) in [5, 5.41) is 5.73. The van der Waals surface area contributed by atoms with E-state index < -0.39 is 25.3 Å². The van der Waals surface area contributed by atoms with E-state index >= 15 is 0 Å². The highest BCUT2D eigenvalue weighted by atomic mass is 31.2. The lowest BCUT2D eigenvalue weighted by Crippen LogP contribution is -2.38. The summed E-state index contributed by atoms with van der Waals surface area (Å²) in [4.78, 5) is 26.4. The van der Waals surface area contributed by atoms with Crippen LogP contribution in [0.3, 0.4) is 0 Å². The van der Waals surface area contributed by atoms with Crippen LogP contribution in [0.2, 0.25) is 0 Å². The summed E-state index contributed by atoms with van der Waals surface area (Å²) in [5.41, 5.74) is 0.803. The van der Waals surface area contributed by atoms with Crippen molar-refractivity contribution in [2.24, 2.45) is 0 Å². The molecule has 32 heavy (non-hydrogen) atoms. The Morgan fingerprint density at radius 2 is 2.06 bits per heavy atom. The van der Waals surface area contributed by atoms with Gasteiger partial charge in [-0.15, -0.1) is 0 Å². The molecule has 2 aliphatic heterocycles. The summed E-state index contributed by atoms with van der Waals surface area (Å²) >= 11 is 0. The number of ether oxygens (including phenoxy) is 1. The van der Waals surface area contributed by atoms with Crippen molar-refractivity contribution in [1.29, 1.82) is 0 Å². The Bertz CT molecular complexity index is 1020. The highest BCUT2D eigenvalue weighted by molar-refractivity contribution is 7.62. The van der Waals surface area contributed by atoms with Gasteiger partial charge < -0.3 is 23.9 Å². The molecule has 0 spiro atoms. The van der Waals surface area contributed by atoms with E-state index in [9.17, 15) is 18.5 Å². The first-order valence-corrected chi connectivity index (χ1v) is 12.5. The molecule has 2 fully saturated rings. The Labute approximate surface area is 185 Å². The molecule has 1 aromatic heterocycles. The Morgan fingerprint density at radius 3 is 2.72 bits per heavy atom. The third kappa shape index (κ3) is 5.14. The van der Waals surface area contributed by atoms with Gasteiger partial charge in [-0.25, -0.2) is 9.18 Å². The van der Waals surface area contributed by atoms with Crippen LogP contribution in [0.1, 0.15) is 12.7 Å². The zero-order valence-corrected chi connectivity index (χ0v) is 18.6. The minimum absolute atomic E-state index is 0.208. The van der Waals surface area contributed by atoms with E-state index in [1.54, 1.807) is 24.5 Å². The fourth-order valence-corrected chi connectivity index (χ4v) is 5.95. The molecule has 0 saturated carbocycles. The van der Waals surface area contributed by atoms with Gasteiger partial charge in [0.15, 0.2) is 7.29 Å². The Morgan fingerprint density at radius 1 is 1.28 bits per heavy atom. The largest absolute Gasteiger partial charge is 0.468 e. The van der Waals surface area contributed by atoms with Crippen molar-refractivity contribution < 1.29 is 27.7 Å². The first-order chi connectivity index (χ1) is 15.3. The van der Waals surface area contributed by atoms with Gasteiger partial charge in [0, 0.05) is 32.3 Å². The second-order valence-electron chi connectivity index (χ2n) is 7.93. The molecule has 2 saturated heterocycles. The van der Waals surface area contributed by atoms with Crippen molar-refractivity contribution >= 4 is 30.7 Å². The van der Waals surface area contributed by atoms with Gasteiger partial charge in [-0.3, -0.25) is 14.8 Å². The van der Waals surface area contributed by atoms with Crippen LogP contribution >= 0.6 is 7.29 Å². The lowest BCUT2D eigenvalue weighted by atomic mass is 10.2. The van der Waals surface area contributed by atoms with Crippen LogP contribution < -0.4 is 20.2 Å². The summed E-state index contributed by atoms with van der Waals surface area (Å²) in [6.45, 7) is 3.15. The number of carbonyl (C=O) groups excluding carboxylic acids is 2. The maximum Gasteiger partial charge on any atom is 0.414 e. The third-order valence-corrected chi connectivity index (χ3v) is 8.20. The maximum absolute atomic E-state index is 14.9. The second kappa shape index (κ2) is 9.34. The van der Waals surface area contributed by atoms with Gasteiger partial charge in [0.1, 0.15) is 17.7 Å². The number of anilines is 2. The normalized spacial score (nSPS) is 20.3. The fourth-order valence-electron chi connectivity index (χ4n) is 3.84. The maximum atomic E-state index is 14.9. The van der Waals surface area contributed by atoms with Crippen LogP contribution in [-0.4, -0.2) is 56.6 Å². The summed E-state index contributed by atoms with van der Waals surface area (Å²) in [6, 6.07) is 8.22. The van der Waals surface area contributed by atoms with Crippen molar-refractivity contribution in [1.82, 2.24) is 10.4 Å². The van der Waals surface area contributed by atoms with Gasteiger partial charge in [0.25, 0.3) is 0 Å². The summed E-state index contributed by atoms with van der Waals surface area (Å²) in [5.74, 6) is 0.0575. The second-order valence-corrected chi connectivity index (χ2v) is 10.9. The molecule has 0 aliphatic carbocycles. The number of hydrogen-bond acceptors (Lipinski definition) is 6. The number of cyclic esters (lactones) is 1. The van der Waals surface area contributed by atoms with Crippen molar-refractivity contribution in [2.45, 2.75) is 19.6 Å². The minimum atomic E-state index is -2.56. The molecule has 0 radical (unpaired) electrons. The van der Waals surface area contributed by atoms with E-state index in [2.05, 4.69) is 10.4 Å². The molecule has 3 heterocycles. The number of benzene rings is 1. The highest BCUT2D eigenvalue weighted by Crippen LogP contribution is 2.44. The molecule has 1 aromatic carbocycles. The zero-order valence-electron chi connectivity index (χ0n) is 17.8. The van der Waals surface area contributed by atoms with Crippen LogP contribution in [-0.2, 0) is 20.6 Å². The summed E-state index contributed by atoms with van der Waals surface area (Å²) in [6.07, 6.45) is 1.37. The molecular formula is C21H26FN4O5P. The van der Waals surface area contributed by atoms with Crippen LogP contribution in [0, 0.1) is 5.82 Å². The quantitative estimate of drug-likeness (QED) is 0.608. The van der Waals surface area contributed by atoms with Crippen LogP contribution in [0.25, 0.3) is 0 Å². The molecule has 0 unspecified atom stereocenters. The van der Waals surface area contributed by atoms with E-state index in [0.29, 0.717) is 43.3 Å². The minimum Gasteiger partial charge on any atom is -0.468 e. The van der Waals surface area contributed by atoms with Gasteiger partial charge in [0.05, 0.1) is 37.3 Å². The average molecular weight is 464 g/mol. The Balaban J connectivity index is 1.35. The topological polar surface area (TPSA) is 104 Å². The van der Waals surface area contributed by atoms with E-state index in [4.69, 9.17) is 9.15 Å². The third-order valence-electron chi connectivity index (χ3n) is 5.62. The number of nitrogens with one attached hydrogen (secondary N) is 2. The number of hydrogen-bond donors (Lipinski definition) is 2. The summed E-state index contributed by atoms with van der Waals surface area (Å²) < 4.78 is 38.4. The van der Waals surface area contributed by atoms with Crippen molar-refractivity contribution in [3.8, 4) is 0 Å². The highest BCUT2D eigenvalue weighted by Gasteiger charge is 2.34. The summed E-state index contributed by atoms with van der Waals surface area (Å²) in [7, 11) is -2.56. The molecule has 4 rings (SSSR count). The molecular weight excluding hydrogens is 438 g/mol. The molecule has 0 bridgehead atoms. The lowest BCUT2D eigenvalue weighted by molar-refractivity contribution is -0.119.